The maximum atomic E-state index is 12.5. The zero-order valence-electron chi connectivity index (χ0n) is 18.6. The molecule has 0 radical (unpaired) electrons. The summed E-state index contributed by atoms with van der Waals surface area (Å²) in [4.78, 5) is 13.2. The van der Waals surface area contributed by atoms with Crippen molar-refractivity contribution in [3.05, 3.63) is 36.4 Å². The zero-order valence-corrected chi connectivity index (χ0v) is 19.4. The normalized spacial score (nSPS) is 17.2. The molecule has 3 heterocycles. The smallest absolute Gasteiger partial charge is 0.238 e. The summed E-state index contributed by atoms with van der Waals surface area (Å²) in [5.41, 5.74) is 3.44. The van der Waals surface area contributed by atoms with Crippen LogP contribution in [0.5, 0.6) is 11.6 Å². The van der Waals surface area contributed by atoms with Gasteiger partial charge in [0.2, 0.25) is 15.9 Å². The third kappa shape index (κ3) is 4.58. The van der Waals surface area contributed by atoms with Crippen molar-refractivity contribution in [1.29, 1.82) is 0 Å². The minimum Gasteiger partial charge on any atom is -0.488 e. The van der Waals surface area contributed by atoms with E-state index in [1.165, 1.54) is 13.4 Å². The van der Waals surface area contributed by atoms with Crippen LogP contribution < -0.4 is 14.2 Å². The van der Waals surface area contributed by atoms with Crippen LogP contribution in [0.25, 0.3) is 22.0 Å². The second-order valence-electron chi connectivity index (χ2n) is 8.39. The van der Waals surface area contributed by atoms with Crippen LogP contribution in [0.2, 0.25) is 0 Å². The van der Waals surface area contributed by atoms with Crippen LogP contribution >= 0.6 is 0 Å². The summed E-state index contributed by atoms with van der Waals surface area (Å²) in [5.74, 6) is 0.887. The molecule has 5 rings (SSSR count). The molecule has 174 valence electrons. The minimum absolute atomic E-state index is 0.0439. The van der Waals surface area contributed by atoms with Gasteiger partial charge < -0.3 is 14.2 Å². The highest BCUT2D eigenvalue weighted by Crippen LogP contribution is 2.37. The summed E-state index contributed by atoms with van der Waals surface area (Å²) in [6, 6.07) is 5.64. The summed E-state index contributed by atoms with van der Waals surface area (Å²) >= 11 is 0. The highest BCUT2D eigenvalue weighted by Gasteiger charge is 2.36. The van der Waals surface area contributed by atoms with Gasteiger partial charge in [0.05, 0.1) is 25.6 Å². The number of fused-ring (bicyclic) bond motifs is 1. The number of rotatable bonds is 7. The highest BCUT2D eigenvalue weighted by atomic mass is 32.2. The molecule has 1 aromatic carbocycles. The van der Waals surface area contributed by atoms with Crippen molar-refractivity contribution in [1.82, 2.24) is 15.0 Å². The molecule has 1 saturated heterocycles. The molecule has 1 N–H and O–H groups in total. The van der Waals surface area contributed by atoms with E-state index in [1.807, 2.05) is 19.1 Å². The fourth-order valence-electron chi connectivity index (χ4n) is 3.95. The van der Waals surface area contributed by atoms with Crippen LogP contribution in [0.1, 0.15) is 31.4 Å². The molecule has 3 aromatic rings. The van der Waals surface area contributed by atoms with E-state index in [9.17, 15) is 8.42 Å². The van der Waals surface area contributed by atoms with Gasteiger partial charge in [-0.05, 0) is 43.5 Å². The summed E-state index contributed by atoms with van der Waals surface area (Å²) in [6.07, 6.45) is 6.20. The molecule has 0 bridgehead atoms. The van der Waals surface area contributed by atoms with Crippen molar-refractivity contribution >= 4 is 26.6 Å². The van der Waals surface area contributed by atoms with Gasteiger partial charge in [0.1, 0.15) is 29.4 Å². The topological polar surface area (TPSA) is 113 Å². The molecule has 0 amide bonds. The monoisotopic (exact) mass is 470 g/mol. The largest absolute Gasteiger partial charge is 0.488 e. The first kappa shape index (κ1) is 21.8. The van der Waals surface area contributed by atoms with Gasteiger partial charge in [0, 0.05) is 35.7 Å². The van der Waals surface area contributed by atoms with Crippen molar-refractivity contribution in [2.24, 2.45) is 0 Å². The lowest BCUT2D eigenvalue weighted by Crippen LogP contribution is -2.26. The first-order valence-electron chi connectivity index (χ1n) is 11.0. The van der Waals surface area contributed by atoms with E-state index in [0.717, 1.165) is 40.6 Å². The van der Waals surface area contributed by atoms with Crippen molar-refractivity contribution < 1.29 is 22.6 Å². The van der Waals surface area contributed by atoms with Crippen LogP contribution in [0, 0.1) is 6.92 Å². The third-order valence-electron chi connectivity index (χ3n) is 5.96. The molecule has 9 nitrogen and oxygen atoms in total. The number of benzene rings is 1. The average molecular weight is 471 g/mol. The van der Waals surface area contributed by atoms with Gasteiger partial charge in [-0.3, -0.25) is 4.72 Å². The molecule has 1 saturated carbocycles. The first-order valence-corrected chi connectivity index (χ1v) is 12.5. The molecule has 10 heteroatoms. The molecule has 2 aromatic heterocycles. The number of pyridine rings is 1. The number of hydrogen-bond acceptors (Lipinski definition) is 8. The lowest BCUT2D eigenvalue weighted by atomic mass is 10.0. The summed E-state index contributed by atoms with van der Waals surface area (Å²) < 4.78 is 44.8. The van der Waals surface area contributed by atoms with Crippen LogP contribution in [0.3, 0.4) is 0 Å². The lowest BCUT2D eigenvalue weighted by molar-refractivity contribution is 0.0261. The highest BCUT2D eigenvalue weighted by molar-refractivity contribution is 7.93. The molecule has 0 atom stereocenters. The van der Waals surface area contributed by atoms with Crippen LogP contribution in [0.15, 0.2) is 30.7 Å². The minimum atomic E-state index is -3.47. The van der Waals surface area contributed by atoms with E-state index >= 15 is 0 Å². The maximum absolute atomic E-state index is 12.5. The van der Waals surface area contributed by atoms with E-state index in [4.69, 9.17) is 14.2 Å². The molecule has 2 aliphatic rings. The summed E-state index contributed by atoms with van der Waals surface area (Å²) in [5, 5.41) is 0.513. The maximum Gasteiger partial charge on any atom is 0.238 e. The molecular formula is C23H26N4O5S. The standard InChI is InChI=1S/C23H26N4O5S/c1-14-19-9-15(11-21(22(19)26-13-25-14)32-17-5-7-31-8-6-17)16-10-20(23(30-2)24-12-16)27-33(28,29)18-3-4-18/h9-13,17-18,27H,3-8H2,1-2H3. The van der Waals surface area contributed by atoms with Gasteiger partial charge in [0.15, 0.2) is 0 Å². The predicted molar refractivity (Wildman–Crippen MR) is 124 cm³/mol. The zero-order chi connectivity index (χ0) is 23.0. The Morgan fingerprint density at radius 2 is 1.82 bits per heavy atom. The molecule has 1 aliphatic heterocycles. The number of sulfonamides is 1. The quantitative estimate of drug-likeness (QED) is 0.559. The fourth-order valence-corrected chi connectivity index (χ4v) is 5.33. The van der Waals surface area contributed by atoms with Gasteiger partial charge >= 0.3 is 0 Å². The molecule has 33 heavy (non-hydrogen) atoms. The molecular weight excluding hydrogens is 444 g/mol. The number of nitrogens with one attached hydrogen (secondary N) is 1. The van der Waals surface area contributed by atoms with Gasteiger partial charge in [-0.2, -0.15) is 0 Å². The van der Waals surface area contributed by atoms with E-state index in [2.05, 4.69) is 19.7 Å². The predicted octanol–water partition coefficient (Wildman–Crippen LogP) is 3.47. The van der Waals surface area contributed by atoms with Crippen LogP contribution in [-0.2, 0) is 14.8 Å². The Hall–Kier alpha value is -2.98. The Morgan fingerprint density at radius 3 is 2.55 bits per heavy atom. The fraction of sp³-hybridized carbons (Fsp3) is 0.435. The van der Waals surface area contributed by atoms with Crippen LogP contribution in [-0.4, -0.2) is 55.0 Å². The summed E-state index contributed by atoms with van der Waals surface area (Å²) in [6.45, 7) is 3.26. The Labute approximate surface area is 192 Å². The second-order valence-corrected chi connectivity index (χ2v) is 10.3. The van der Waals surface area contributed by atoms with Crippen molar-refractivity contribution in [3.63, 3.8) is 0 Å². The van der Waals surface area contributed by atoms with E-state index < -0.39 is 10.0 Å². The Balaban J connectivity index is 1.57. The lowest BCUT2D eigenvalue weighted by Gasteiger charge is -2.24. The second kappa shape index (κ2) is 8.75. The number of ether oxygens (including phenoxy) is 3. The number of anilines is 1. The average Bonchev–Trinajstić information content (AvgIpc) is 3.66. The first-order chi connectivity index (χ1) is 15.9. The van der Waals surface area contributed by atoms with E-state index in [1.54, 1.807) is 12.3 Å². The molecule has 2 fully saturated rings. The van der Waals surface area contributed by atoms with Crippen LogP contribution in [0.4, 0.5) is 5.69 Å². The molecule has 1 aliphatic carbocycles. The van der Waals surface area contributed by atoms with Gasteiger partial charge in [-0.25, -0.2) is 23.4 Å². The SMILES string of the molecule is COc1ncc(-c2cc(OC3CCOCC3)c3ncnc(C)c3c2)cc1NS(=O)(=O)C1CC1. The number of nitrogens with zero attached hydrogens (tertiary/aromatic N) is 3. The van der Waals surface area contributed by atoms with Crippen molar-refractivity contribution in [2.75, 3.05) is 25.0 Å². The third-order valence-corrected chi connectivity index (χ3v) is 7.81. The molecule has 0 unspecified atom stereocenters. The number of hydrogen-bond donors (Lipinski definition) is 1. The Bertz CT molecular complexity index is 1290. The summed E-state index contributed by atoms with van der Waals surface area (Å²) in [7, 11) is -2.00. The number of methoxy groups -OCH3 is 1. The van der Waals surface area contributed by atoms with E-state index in [0.29, 0.717) is 37.5 Å². The van der Waals surface area contributed by atoms with Crippen molar-refractivity contribution in [2.45, 2.75) is 44.0 Å². The van der Waals surface area contributed by atoms with Gasteiger partial charge in [-0.15, -0.1) is 0 Å². The Morgan fingerprint density at radius 1 is 1.03 bits per heavy atom. The number of aryl methyl sites for hydroxylation is 1. The van der Waals surface area contributed by atoms with Gasteiger partial charge in [0.25, 0.3) is 0 Å². The van der Waals surface area contributed by atoms with Crippen molar-refractivity contribution in [3.8, 4) is 22.8 Å². The van der Waals surface area contributed by atoms with Gasteiger partial charge in [-0.1, -0.05) is 0 Å². The van der Waals surface area contributed by atoms with E-state index in [-0.39, 0.29) is 17.2 Å². The number of aromatic nitrogens is 3. The molecule has 0 spiro atoms. The Kier molecular flexibility index (Phi) is 5.79.